The molecule has 88 valence electrons. The number of aromatic hydroxyl groups is 1. The fourth-order valence-corrected chi connectivity index (χ4v) is 1.86. The van der Waals surface area contributed by atoms with Crippen LogP contribution in [0.3, 0.4) is 0 Å². The smallest absolute Gasteiger partial charge is 0.310 e. The molecule has 2 aromatic carbocycles. The maximum absolute atomic E-state index is 11.5. The lowest BCUT2D eigenvalue weighted by molar-refractivity contribution is -0.142. The van der Waals surface area contributed by atoms with E-state index in [4.69, 9.17) is 4.74 Å². The van der Waals surface area contributed by atoms with Crippen molar-refractivity contribution in [1.82, 2.24) is 0 Å². The minimum atomic E-state index is -0.229. The van der Waals surface area contributed by atoms with Gasteiger partial charge in [0.25, 0.3) is 0 Å². The van der Waals surface area contributed by atoms with Crippen molar-refractivity contribution in [2.45, 2.75) is 13.3 Å². The van der Waals surface area contributed by atoms with Crippen LogP contribution >= 0.6 is 0 Å². The third kappa shape index (κ3) is 2.56. The molecule has 2 rings (SSSR count). The van der Waals surface area contributed by atoms with Crippen molar-refractivity contribution >= 4 is 16.7 Å². The molecule has 2 aromatic rings. The van der Waals surface area contributed by atoms with Crippen LogP contribution in [0.4, 0.5) is 0 Å². The molecule has 0 aliphatic rings. The molecule has 0 heterocycles. The predicted octanol–water partition coefficient (Wildman–Crippen LogP) is 2.65. The number of carbonyl (C=O) groups is 1. The third-order valence-corrected chi connectivity index (χ3v) is 2.59. The normalized spacial score (nSPS) is 10.4. The Morgan fingerprint density at radius 3 is 2.88 bits per heavy atom. The van der Waals surface area contributed by atoms with Gasteiger partial charge in [0.15, 0.2) is 0 Å². The number of phenolic OH excluding ortho intramolecular Hbond substituents is 1. The first-order chi connectivity index (χ1) is 8.20. The second-order valence-corrected chi connectivity index (χ2v) is 3.80. The van der Waals surface area contributed by atoms with Gasteiger partial charge in [-0.3, -0.25) is 4.79 Å². The molecule has 0 aliphatic heterocycles. The molecule has 0 aliphatic carbocycles. The molecule has 0 amide bonds. The molecule has 3 heteroatoms. The minimum Gasteiger partial charge on any atom is -0.508 e. The van der Waals surface area contributed by atoms with E-state index in [-0.39, 0.29) is 18.1 Å². The lowest BCUT2D eigenvalue weighted by Gasteiger charge is -2.06. The first-order valence-electron chi connectivity index (χ1n) is 5.57. The van der Waals surface area contributed by atoms with E-state index in [1.54, 1.807) is 19.1 Å². The van der Waals surface area contributed by atoms with E-state index >= 15 is 0 Å². The molecule has 1 N–H and O–H groups in total. The van der Waals surface area contributed by atoms with Crippen LogP contribution in [-0.4, -0.2) is 17.7 Å². The average Bonchev–Trinajstić information content (AvgIpc) is 2.29. The largest absolute Gasteiger partial charge is 0.508 e. The summed E-state index contributed by atoms with van der Waals surface area (Å²) < 4.78 is 4.93. The molecule has 0 radical (unpaired) electrons. The SMILES string of the molecule is CCOC(=O)Cc1cccc2cc(O)ccc12. The fraction of sp³-hybridized carbons (Fsp3) is 0.214. The van der Waals surface area contributed by atoms with E-state index in [2.05, 4.69) is 0 Å². The maximum Gasteiger partial charge on any atom is 0.310 e. The number of fused-ring (bicyclic) bond motifs is 1. The van der Waals surface area contributed by atoms with E-state index in [1.807, 2.05) is 24.3 Å². The van der Waals surface area contributed by atoms with Crippen LogP contribution in [0.1, 0.15) is 12.5 Å². The van der Waals surface area contributed by atoms with Crippen molar-refractivity contribution < 1.29 is 14.6 Å². The van der Waals surface area contributed by atoms with Crippen molar-refractivity contribution in [2.75, 3.05) is 6.61 Å². The van der Waals surface area contributed by atoms with Gasteiger partial charge in [0.2, 0.25) is 0 Å². The van der Waals surface area contributed by atoms with Gasteiger partial charge in [-0.15, -0.1) is 0 Å². The highest BCUT2D eigenvalue weighted by Gasteiger charge is 2.07. The van der Waals surface area contributed by atoms with Gasteiger partial charge in [-0.2, -0.15) is 0 Å². The van der Waals surface area contributed by atoms with Gasteiger partial charge in [-0.05, 0) is 35.4 Å². The first kappa shape index (κ1) is 11.5. The van der Waals surface area contributed by atoms with Crippen LogP contribution in [-0.2, 0) is 16.0 Å². The van der Waals surface area contributed by atoms with Crippen LogP contribution in [0.2, 0.25) is 0 Å². The summed E-state index contributed by atoms with van der Waals surface area (Å²) in [6.45, 7) is 2.18. The lowest BCUT2D eigenvalue weighted by atomic mass is 10.0. The Morgan fingerprint density at radius 2 is 2.12 bits per heavy atom. The second-order valence-electron chi connectivity index (χ2n) is 3.80. The zero-order valence-corrected chi connectivity index (χ0v) is 9.64. The third-order valence-electron chi connectivity index (χ3n) is 2.59. The lowest BCUT2D eigenvalue weighted by Crippen LogP contribution is -2.07. The van der Waals surface area contributed by atoms with E-state index in [0.29, 0.717) is 6.61 Å². The highest BCUT2D eigenvalue weighted by Crippen LogP contribution is 2.23. The average molecular weight is 230 g/mol. The zero-order valence-electron chi connectivity index (χ0n) is 9.64. The summed E-state index contributed by atoms with van der Waals surface area (Å²) in [6.07, 6.45) is 0.260. The molecule has 0 saturated heterocycles. The Balaban J connectivity index is 2.37. The number of ether oxygens (including phenoxy) is 1. The minimum absolute atomic E-state index is 0.228. The van der Waals surface area contributed by atoms with Crippen LogP contribution in [0.25, 0.3) is 10.8 Å². The van der Waals surface area contributed by atoms with Crippen LogP contribution in [0, 0.1) is 0 Å². The Hall–Kier alpha value is -2.03. The number of hydrogen-bond acceptors (Lipinski definition) is 3. The molecule has 0 unspecified atom stereocenters. The molecule has 0 aromatic heterocycles. The van der Waals surface area contributed by atoms with Crippen LogP contribution < -0.4 is 0 Å². The van der Waals surface area contributed by atoms with Gasteiger partial charge in [-0.1, -0.05) is 24.3 Å². The van der Waals surface area contributed by atoms with E-state index in [0.717, 1.165) is 16.3 Å². The van der Waals surface area contributed by atoms with Gasteiger partial charge >= 0.3 is 5.97 Å². The number of carbonyl (C=O) groups excluding carboxylic acids is 1. The molecule has 3 nitrogen and oxygen atoms in total. The van der Waals surface area contributed by atoms with Gasteiger partial charge < -0.3 is 9.84 Å². The summed E-state index contributed by atoms with van der Waals surface area (Å²) in [6, 6.07) is 10.8. The number of phenols is 1. The summed E-state index contributed by atoms with van der Waals surface area (Å²) in [7, 11) is 0. The molecule has 0 saturated carbocycles. The highest BCUT2D eigenvalue weighted by atomic mass is 16.5. The van der Waals surface area contributed by atoms with Crippen molar-refractivity contribution in [1.29, 1.82) is 0 Å². The maximum atomic E-state index is 11.5. The van der Waals surface area contributed by atoms with Crippen molar-refractivity contribution in [3.8, 4) is 5.75 Å². The predicted molar refractivity (Wildman–Crippen MR) is 65.9 cm³/mol. The number of esters is 1. The molecular formula is C14H14O3. The van der Waals surface area contributed by atoms with E-state index in [9.17, 15) is 9.90 Å². The van der Waals surface area contributed by atoms with E-state index < -0.39 is 0 Å². The van der Waals surface area contributed by atoms with E-state index in [1.165, 1.54) is 0 Å². The monoisotopic (exact) mass is 230 g/mol. The topological polar surface area (TPSA) is 46.5 Å². The Bertz CT molecular complexity index is 546. The Kier molecular flexibility index (Phi) is 3.28. The van der Waals surface area contributed by atoms with Crippen molar-refractivity contribution in [3.63, 3.8) is 0 Å². The number of rotatable bonds is 3. The number of hydrogen-bond donors (Lipinski definition) is 1. The molecule has 0 spiro atoms. The Labute approximate surface area is 99.6 Å². The van der Waals surface area contributed by atoms with Crippen LogP contribution in [0.15, 0.2) is 36.4 Å². The Morgan fingerprint density at radius 1 is 1.29 bits per heavy atom. The summed E-state index contributed by atoms with van der Waals surface area (Å²) in [5.41, 5.74) is 0.918. The quantitative estimate of drug-likeness (QED) is 0.824. The molecule has 0 fully saturated rings. The summed E-state index contributed by atoms with van der Waals surface area (Å²) in [5.74, 6) is -0.00106. The van der Waals surface area contributed by atoms with Gasteiger partial charge in [0.1, 0.15) is 5.75 Å². The molecule has 17 heavy (non-hydrogen) atoms. The molecule has 0 bridgehead atoms. The fourth-order valence-electron chi connectivity index (χ4n) is 1.86. The molecule has 0 atom stereocenters. The summed E-state index contributed by atoms with van der Waals surface area (Å²) >= 11 is 0. The van der Waals surface area contributed by atoms with Gasteiger partial charge in [-0.25, -0.2) is 0 Å². The number of benzene rings is 2. The van der Waals surface area contributed by atoms with Crippen molar-refractivity contribution in [2.24, 2.45) is 0 Å². The highest BCUT2D eigenvalue weighted by molar-refractivity contribution is 5.89. The standard InChI is InChI=1S/C14H14O3/c1-2-17-14(16)9-11-5-3-4-10-8-12(15)6-7-13(10)11/h3-8,15H,2,9H2,1H3. The van der Waals surface area contributed by atoms with Crippen LogP contribution in [0.5, 0.6) is 5.75 Å². The summed E-state index contributed by atoms with van der Waals surface area (Å²) in [4.78, 5) is 11.5. The van der Waals surface area contributed by atoms with Gasteiger partial charge in [0.05, 0.1) is 13.0 Å². The van der Waals surface area contributed by atoms with Crippen molar-refractivity contribution in [3.05, 3.63) is 42.0 Å². The molecular weight excluding hydrogens is 216 g/mol. The summed E-state index contributed by atoms with van der Waals surface area (Å²) in [5, 5.41) is 11.3. The van der Waals surface area contributed by atoms with Gasteiger partial charge in [0, 0.05) is 0 Å². The first-order valence-corrected chi connectivity index (χ1v) is 5.57. The zero-order chi connectivity index (χ0) is 12.3. The second kappa shape index (κ2) is 4.87.